The zero-order valence-corrected chi connectivity index (χ0v) is 11.1. The average Bonchev–Trinajstić information content (AvgIpc) is 2.22. The molecule has 0 spiro atoms. The van der Waals surface area contributed by atoms with Gasteiger partial charge in [-0.1, -0.05) is 32.4 Å². The van der Waals surface area contributed by atoms with E-state index in [1.807, 2.05) is 0 Å². The summed E-state index contributed by atoms with van der Waals surface area (Å²) in [6.45, 7) is 6.35. The summed E-state index contributed by atoms with van der Waals surface area (Å²) >= 11 is 5.82. The van der Waals surface area contributed by atoms with Crippen LogP contribution >= 0.6 is 11.6 Å². The van der Waals surface area contributed by atoms with Gasteiger partial charge >= 0.3 is 0 Å². The van der Waals surface area contributed by atoms with Gasteiger partial charge in [0.15, 0.2) is 11.0 Å². The lowest BCUT2D eigenvalue weighted by Gasteiger charge is -2.31. The van der Waals surface area contributed by atoms with Gasteiger partial charge in [-0.15, -0.1) is 0 Å². The van der Waals surface area contributed by atoms with E-state index in [0.29, 0.717) is 17.9 Å². The third-order valence-electron chi connectivity index (χ3n) is 2.61. The van der Waals surface area contributed by atoms with Gasteiger partial charge < -0.3 is 16.2 Å². The summed E-state index contributed by atoms with van der Waals surface area (Å²) in [5.74, 6) is 0.512. The highest BCUT2D eigenvalue weighted by Crippen LogP contribution is 2.28. The topological polar surface area (TPSA) is 84.1 Å². The molecule has 96 valence electrons. The number of nitrogens with two attached hydrogens (primary N) is 1. The van der Waals surface area contributed by atoms with E-state index < -0.39 is 0 Å². The Kier molecular flexibility index (Phi) is 4.54. The molecule has 1 unspecified atom stereocenters. The fraction of sp³-hybridized carbons (Fsp3) is 0.636. The molecule has 17 heavy (non-hydrogen) atoms. The minimum Gasteiger partial charge on any atom is -0.396 e. The molecule has 1 heterocycles. The molecule has 0 aromatic carbocycles. The molecule has 5 nitrogen and oxygen atoms in total. The van der Waals surface area contributed by atoms with Crippen LogP contribution in [0.5, 0.6) is 0 Å². The van der Waals surface area contributed by atoms with Crippen molar-refractivity contribution in [3.05, 3.63) is 11.5 Å². The Morgan fingerprint density at radius 3 is 2.65 bits per heavy atom. The van der Waals surface area contributed by atoms with Crippen LogP contribution in [0.1, 0.15) is 27.2 Å². The van der Waals surface area contributed by atoms with Crippen LogP contribution in [0.3, 0.4) is 0 Å². The lowest BCUT2D eigenvalue weighted by molar-refractivity contribution is 0.235. The molecule has 6 heteroatoms. The zero-order chi connectivity index (χ0) is 13.1. The van der Waals surface area contributed by atoms with Crippen LogP contribution in [-0.4, -0.2) is 27.7 Å². The molecule has 0 aliphatic rings. The Morgan fingerprint density at radius 1 is 1.47 bits per heavy atom. The molecule has 0 radical (unpaired) electrons. The van der Waals surface area contributed by atoms with Gasteiger partial charge in [-0.25, -0.2) is 9.97 Å². The number of hydrogen-bond acceptors (Lipinski definition) is 5. The standard InChI is InChI=1S/C11H19ClN4O/c1-11(2,3)7(4-5-17)16-10-8(13)9(12)14-6-15-10/h6-7,17H,4-5,13H2,1-3H3,(H,14,15,16). The summed E-state index contributed by atoms with van der Waals surface area (Å²) in [6.07, 6.45) is 1.98. The molecule has 0 bridgehead atoms. The Labute approximate surface area is 106 Å². The van der Waals surface area contributed by atoms with Crippen LogP contribution in [-0.2, 0) is 0 Å². The Hall–Kier alpha value is -1.07. The number of aliphatic hydroxyl groups excluding tert-OH is 1. The summed E-state index contributed by atoms with van der Waals surface area (Å²) in [6, 6.07) is 0.0563. The largest absolute Gasteiger partial charge is 0.396 e. The van der Waals surface area contributed by atoms with Crippen LogP contribution in [0.25, 0.3) is 0 Å². The fourth-order valence-corrected chi connectivity index (χ4v) is 1.64. The summed E-state index contributed by atoms with van der Waals surface area (Å²) in [5.41, 5.74) is 6.10. The number of hydrogen-bond donors (Lipinski definition) is 3. The van der Waals surface area contributed by atoms with Crippen LogP contribution in [0, 0.1) is 5.41 Å². The highest BCUT2D eigenvalue weighted by Gasteiger charge is 2.25. The molecular formula is C11H19ClN4O. The van der Waals surface area contributed by atoms with Gasteiger partial charge in [-0.3, -0.25) is 0 Å². The van der Waals surface area contributed by atoms with Gasteiger partial charge in [0.2, 0.25) is 0 Å². The first-order valence-corrected chi connectivity index (χ1v) is 5.87. The van der Waals surface area contributed by atoms with Crippen molar-refractivity contribution in [1.82, 2.24) is 9.97 Å². The number of aromatic nitrogens is 2. The summed E-state index contributed by atoms with van der Waals surface area (Å²) in [7, 11) is 0. The smallest absolute Gasteiger partial charge is 0.157 e. The van der Waals surface area contributed by atoms with Crippen LogP contribution < -0.4 is 11.1 Å². The predicted octanol–water partition coefficient (Wildman–Crippen LogP) is 1.92. The first kappa shape index (κ1) is 14.0. The van der Waals surface area contributed by atoms with Crippen molar-refractivity contribution < 1.29 is 5.11 Å². The van der Waals surface area contributed by atoms with Crippen LogP contribution in [0.4, 0.5) is 11.5 Å². The molecule has 1 rings (SSSR count). The Bertz CT molecular complexity index is 378. The third kappa shape index (κ3) is 3.71. The van der Waals surface area contributed by atoms with E-state index in [1.165, 1.54) is 6.33 Å². The number of halogens is 1. The van der Waals surface area contributed by atoms with Crippen molar-refractivity contribution in [2.24, 2.45) is 5.41 Å². The van der Waals surface area contributed by atoms with Crippen molar-refractivity contribution >= 4 is 23.1 Å². The van der Waals surface area contributed by atoms with E-state index >= 15 is 0 Å². The van der Waals surface area contributed by atoms with E-state index in [9.17, 15) is 0 Å². The minimum absolute atomic E-state index is 0.0212. The highest BCUT2D eigenvalue weighted by atomic mass is 35.5. The first-order chi connectivity index (χ1) is 7.86. The molecule has 0 aliphatic carbocycles. The molecule has 0 saturated heterocycles. The fourth-order valence-electron chi connectivity index (χ4n) is 1.50. The van der Waals surface area contributed by atoms with Crippen molar-refractivity contribution in [3.8, 4) is 0 Å². The summed E-state index contributed by atoms with van der Waals surface area (Å²) in [5, 5.41) is 12.5. The van der Waals surface area contributed by atoms with Gasteiger partial charge in [0.05, 0.1) is 0 Å². The lowest BCUT2D eigenvalue weighted by atomic mass is 9.85. The summed E-state index contributed by atoms with van der Waals surface area (Å²) in [4.78, 5) is 7.86. The maximum Gasteiger partial charge on any atom is 0.157 e. The van der Waals surface area contributed by atoms with Gasteiger partial charge in [-0.05, 0) is 11.8 Å². The highest BCUT2D eigenvalue weighted by molar-refractivity contribution is 6.32. The average molecular weight is 259 g/mol. The molecule has 0 saturated carbocycles. The third-order valence-corrected chi connectivity index (χ3v) is 2.91. The SMILES string of the molecule is CC(C)(C)C(CCO)Nc1ncnc(Cl)c1N. The van der Waals surface area contributed by atoms with Crippen molar-refractivity contribution in [2.75, 3.05) is 17.7 Å². The predicted molar refractivity (Wildman–Crippen MR) is 70.0 cm³/mol. The van der Waals surface area contributed by atoms with E-state index in [1.54, 1.807) is 0 Å². The van der Waals surface area contributed by atoms with Gasteiger partial charge in [0, 0.05) is 12.6 Å². The van der Waals surface area contributed by atoms with E-state index in [4.69, 9.17) is 22.4 Å². The number of nitrogens with one attached hydrogen (secondary N) is 1. The second-order valence-corrected chi connectivity index (χ2v) is 5.36. The normalized spacial score (nSPS) is 13.5. The lowest BCUT2D eigenvalue weighted by Crippen LogP contribution is -2.35. The molecule has 1 atom stereocenters. The number of nitrogens with zero attached hydrogens (tertiary/aromatic N) is 2. The molecule has 0 fully saturated rings. The van der Waals surface area contributed by atoms with Crippen molar-refractivity contribution in [1.29, 1.82) is 0 Å². The maximum absolute atomic E-state index is 9.07. The van der Waals surface area contributed by atoms with E-state index in [-0.39, 0.29) is 23.2 Å². The van der Waals surface area contributed by atoms with E-state index in [0.717, 1.165) is 0 Å². The van der Waals surface area contributed by atoms with Gasteiger partial charge in [-0.2, -0.15) is 0 Å². The summed E-state index contributed by atoms with van der Waals surface area (Å²) < 4.78 is 0. The number of rotatable bonds is 4. The first-order valence-electron chi connectivity index (χ1n) is 5.49. The number of nitrogen functional groups attached to an aromatic ring is 1. The minimum atomic E-state index is -0.0212. The molecule has 0 amide bonds. The molecule has 0 aliphatic heterocycles. The number of aliphatic hydroxyl groups is 1. The molecular weight excluding hydrogens is 240 g/mol. The second kappa shape index (κ2) is 5.51. The maximum atomic E-state index is 9.07. The second-order valence-electron chi connectivity index (χ2n) is 5.00. The molecule has 4 N–H and O–H groups in total. The monoisotopic (exact) mass is 258 g/mol. The molecule has 1 aromatic rings. The van der Waals surface area contributed by atoms with Crippen molar-refractivity contribution in [2.45, 2.75) is 33.2 Å². The number of anilines is 2. The van der Waals surface area contributed by atoms with E-state index in [2.05, 4.69) is 36.1 Å². The Balaban J connectivity index is 2.90. The Morgan fingerprint density at radius 2 is 2.12 bits per heavy atom. The van der Waals surface area contributed by atoms with Crippen LogP contribution in [0.15, 0.2) is 6.33 Å². The van der Waals surface area contributed by atoms with Crippen molar-refractivity contribution in [3.63, 3.8) is 0 Å². The quantitative estimate of drug-likeness (QED) is 0.719. The molecule has 1 aromatic heterocycles. The van der Waals surface area contributed by atoms with Crippen LogP contribution in [0.2, 0.25) is 5.15 Å². The zero-order valence-electron chi connectivity index (χ0n) is 10.4. The van der Waals surface area contributed by atoms with Gasteiger partial charge in [0.1, 0.15) is 12.0 Å². The van der Waals surface area contributed by atoms with Gasteiger partial charge in [0.25, 0.3) is 0 Å².